The largest absolute Gasteiger partial charge is 0.496 e. The number of nitrogens with two attached hydrogens (primary N) is 1. The van der Waals surface area contributed by atoms with E-state index in [4.69, 9.17) is 15.6 Å². The summed E-state index contributed by atoms with van der Waals surface area (Å²) in [5.41, 5.74) is 9.18. The summed E-state index contributed by atoms with van der Waals surface area (Å²) in [7, 11) is 1.43. The number of hydrogen-bond donors (Lipinski definition) is 3. The molecule has 10 heteroatoms. The Labute approximate surface area is 200 Å². The normalized spacial score (nSPS) is 17.1. The Bertz CT molecular complexity index is 1430. The van der Waals surface area contributed by atoms with E-state index in [9.17, 15) is 14.3 Å². The Kier molecular flexibility index (Phi) is 5.87. The van der Waals surface area contributed by atoms with Gasteiger partial charge in [0.1, 0.15) is 29.4 Å². The number of carbonyl (C=O) groups is 1. The number of aromatic nitrogens is 4. The van der Waals surface area contributed by atoms with Crippen molar-refractivity contribution in [3.63, 3.8) is 0 Å². The van der Waals surface area contributed by atoms with E-state index < -0.39 is 17.8 Å². The SMILES string of the molecule is COc1ccc(F)cc1C(=O)NCc1ccc(-c2nn([C@@H]3C=C[C@H](O)C3)c3ncnc(N)c23)cc1. The van der Waals surface area contributed by atoms with E-state index in [-0.39, 0.29) is 18.2 Å². The average Bonchev–Trinajstić information content (AvgIpc) is 3.47. The van der Waals surface area contributed by atoms with Gasteiger partial charge in [0.15, 0.2) is 5.65 Å². The molecule has 2 heterocycles. The molecule has 0 aliphatic heterocycles. The summed E-state index contributed by atoms with van der Waals surface area (Å²) < 4.78 is 20.5. The van der Waals surface area contributed by atoms with Gasteiger partial charge in [-0.3, -0.25) is 4.79 Å². The molecule has 1 aliphatic carbocycles. The number of allylic oxidation sites excluding steroid dienone is 1. The lowest BCUT2D eigenvalue weighted by atomic mass is 10.1. The second-order valence-electron chi connectivity index (χ2n) is 8.23. The monoisotopic (exact) mass is 474 g/mol. The summed E-state index contributed by atoms with van der Waals surface area (Å²) in [4.78, 5) is 21.1. The molecule has 0 spiro atoms. The fourth-order valence-electron chi connectivity index (χ4n) is 4.19. The molecule has 2 aromatic carbocycles. The van der Waals surface area contributed by atoms with Crippen LogP contribution in [0, 0.1) is 5.82 Å². The molecule has 2 atom stereocenters. The lowest BCUT2D eigenvalue weighted by Gasteiger charge is -2.10. The summed E-state index contributed by atoms with van der Waals surface area (Å²) in [6, 6.07) is 11.1. The van der Waals surface area contributed by atoms with Gasteiger partial charge in [-0.2, -0.15) is 5.10 Å². The molecular weight excluding hydrogens is 451 g/mol. The van der Waals surface area contributed by atoms with Gasteiger partial charge in [-0.05, 0) is 23.8 Å². The first-order valence-electron chi connectivity index (χ1n) is 11.0. The zero-order chi connectivity index (χ0) is 24.5. The van der Waals surface area contributed by atoms with Crippen LogP contribution in [-0.4, -0.2) is 44.0 Å². The summed E-state index contributed by atoms with van der Waals surface area (Å²) in [6.45, 7) is 0.240. The minimum atomic E-state index is -0.524. The Hall–Kier alpha value is -4.31. The van der Waals surface area contributed by atoms with Crippen molar-refractivity contribution in [1.29, 1.82) is 0 Å². The maximum Gasteiger partial charge on any atom is 0.255 e. The predicted octanol–water partition coefficient (Wildman–Crippen LogP) is 3.02. The smallest absolute Gasteiger partial charge is 0.255 e. The molecule has 4 N–H and O–H groups in total. The molecule has 0 radical (unpaired) electrons. The quantitative estimate of drug-likeness (QED) is 0.367. The van der Waals surface area contributed by atoms with Gasteiger partial charge in [-0.1, -0.05) is 36.4 Å². The molecule has 178 valence electrons. The summed E-state index contributed by atoms with van der Waals surface area (Å²) in [5.74, 6) is -0.338. The molecule has 1 aliphatic rings. The van der Waals surface area contributed by atoms with Gasteiger partial charge in [-0.25, -0.2) is 19.0 Å². The maximum atomic E-state index is 13.6. The third-order valence-electron chi connectivity index (χ3n) is 5.96. The van der Waals surface area contributed by atoms with E-state index in [2.05, 4.69) is 15.3 Å². The highest BCUT2D eigenvalue weighted by molar-refractivity contribution is 5.98. The van der Waals surface area contributed by atoms with Crippen molar-refractivity contribution in [2.45, 2.75) is 25.1 Å². The highest BCUT2D eigenvalue weighted by Crippen LogP contribution is 2.34. The molecule has 5 rings (SSSR count). The topological polar surface area (TPSA) is 128 Å². The molecule has 2 aromatic heterocycles. The number of carbonyl (C=O) groups excluding carboxylic acids is 1. The molecule has 0 fully saturated rings. The van der Waals surface area contributed by atoms with E-state index >= 15 is 0 Å². The van der Waals surface area contributed by atoms with Gasteiger partial charge in [0.25, 0.3) is 5.91 Å². The number of methoxy groups -OCH3 is 1. The average molecular weight is 474 g/mol. The zero-order valence-electron chi connectivity index (χ0n) is 18.9. The van der Waals surface area contributed by atoms with Gasteiger partial charge in [0, 0.05) is 18.5 Å². The standard InChI is InChI=1S/C25H23FN6O3/c1-35-20-9-6-16(26)10-19(20)25(34)28-12-14-2-4-15(5-3-14)22-21-23(27)29-13-30-24(21)32(31-22)17-7-8-18(33)11-17/h2-10,13,17-18,33H,11-12H2,1H3,(H,28,34)(H2,27,29,30)/t17-,18+/m1/s1. The van der Waals surface area contributed by atoms with Gasteiger partial charge in [0.2, 0.25) is 0 Å². The Balaban J connectivity index is 1.39. The van der Waals surface area contributed by atoms with E-state index in [0.29, 0.717) is 34.7 Å². The van der Waals surface area contributed by atoms with Gasteiger partial charge < -0.3 is 20.9 Å². The number of aliphatic hydroxyl groups is 1. The lowest BCUT2D eigenvalue weighted by Crippen LogP contribution is -2.23. The van der Waals surface area contributed by atoms with E-state index in [1.165, 1.54) is 25.6 Å². The van der Waals surface area contributed by atoms with E-state index in [1.54, 1.807) is 10.8 Å². The molecule has 0 unspecified atom stereocenters. The number of hydrogen-bond acceptors (Lipinski definition) is 7. The summed E-state index contributed by atoms with van der Waals surface area (Å²) in [5, 5.41) is 18.1. The minimum Gasteiger partial charge on any atom is -0.496 e. The summed E-state index contributed by atoms with van der Waals surface area (Å²) in [6.07, 6.45) is 5.02. The van der Waals surface area contributed by atoms with Gasteiger partial charge in [0.05, 0.1) is 30.2 Å². The Morgan fingerprint density at radius 2 is 2.03 bits per heavy atom. The fraction of sp³-hybridized carbons (Fsp3) is 0.200. The van der Waals surface area contributed by atoms with Crippen LogP contribution < -0.4 is 15.8 Å². The number of benzene rings is 2. The molecule has 9 nitrogen and oxygen atoms in total. The van der Waals surface area contributed by atoms with Crippen LogP contribution in [0.25, 0.3) is 22.3 Å². The lowest BCUT2D eigenvalue weighted by molar-refractivity contribution is 0.0947. The second-order valence-corrected chi connectivity index (χ2v) is 8.23. The molecule has 4 aromatic rings. The van der Waals surface area contributed by atoms with Crippen molar-refractivity contribution >= 4 is 22.8 Å². The highest BCUT2D eigenvalue weighted by atomic mass is 19.1. The number of nitrogens with one attached hydrogen (secondary N) is 1. The van der Waals surface area contributed by atoms with Crippen molar-refractivity contribution in [2.75, 3.05) is 12.8 Å². The maximum absolute atomic E-state index is 13.6. The zero-order valence-corrected chi connectivity index (χ0v) is 18.9. The summed E-state index contributed by atoms with van der Waals surface area (Å²) >= 11 is 0. The molecular formula is C25H23FN6O3. The minimum absolute atomic E-state index is 0.127. The van der Waals surface area contributed by atoms with Crippen molar-refractivity contribution in [3.8, 4) is 17.0 Å². The number of amides is 1. The molecule has 1 amide bonds. The van der Waals surface area contributed by atoms with Crippen LogP contribution >= 0.6 is 0 Å². The Morgan fingerprint density at radius 3 is 2.74 bits per heavy atom. The molecule has 0 saturated heterocycles. The van der Waals surface area contributed by atoms with Crippen LogP contribution in [-0.2, 0) is 6.54 Å². The van der Waals surface area contributed by atoms with Crippen LogP contribution in [0.4, 0.5) is 10.2 Å². The van der Waals surface area contributed by atoms with Crippen molar-refractivity contribution in [1.82, 2.24) is 25.1 Å². The fourth-order valence-corrected chi connectivity index (χ4v) is 4.19. The highest BCUT2D eigenvalue weighted by Gasteiger charge is 2.25. The molecule has 35 heavy (non-hydrogen) atoms. The van der Waals surface area contributed by atoms with E-state index in [0.717, 1.165) is 17.2 Å². The number of rotatable bonds is 6. The van der Waals surface area contributed by atoms with Gasteiger partial charge in [-0.15, -0.1) is 0 Å². The van der Waals surface area contributed by atoms with E-state index in [1.807, 2.05) is 30.3 Å². The van der Waals surface area contributed by atoms with Gasteiger partial charge >= 0.3 is 0 Å². The second kappa shape index (κ2) is 9.15. The Morgan fingerprint density at radius 1 is 1.23 bits per heavy atom. The first-order valence-corrected chi connectivity index (χ1v) is 11.0. The number of nitrogen functional groups attached to an aromatic ring is 1. The van der Waals surface area contributed by atoms with Crippen LogP contribution in [0.2, 0.25) is 0 Å². The van der Waals surface area contributed by atoms with Crippen LogP contribution in [0.1, 0.15) is 28.4 Å². The van der Waals surface area contributed by atoms with Crippen LogP contribution in [0.15, 0.2) is 60.9 Å². The third-order valence-corrected chi connectivity index (χ3v) is 5.96. The molecule has 0 bridgehead atoms. The number of anilines is 1. The molecule has 0 saturated carbocycles. The van der Waals surface area contributed by atoms with Crippen molar-refractivity contribution in [2.24, 2.45) is 0 Å². The first kappa shape index (κ1) is 22.5. The van der Waals surface area contributed by atoms with Crippen LogP contribution in [0.3, 0.4) is 0 Å². The number of halogens is 1. The number of fused-ring (bicyclic) bond motifs is 1. The van der Waals surface area contributed by atoms with Crippen molar-refractivity contribution < 1.29 is 19.0 Å². The van der Waals surface area contributed by atoms with Crippen LogP contribution in [0.5, 0.6) is 5.75 Å². The number of nitrogens with zero attached hydrogens (tertiary/aromatic N) is 4. The number of aliphatic hydroxyl groups excluding tert-OH is 1. The third kappa shape index (κ3) is 4.31. The first-order chi connectivity index (χ1) is 16.9. The predicted molar refractivity (Wildman–Crippen MR) is 128 cm³/mol. The van der Waals surface area contributed by atoms with Crippen molar-refractivity contribution in [3.05, 3.63) is 77.9 Å². The number of ether oxygens (including phenoxy) is 1.